The molecular formula is C25H25NO5. The zero-order valence-electron chi connectivity index (χ0n) is 17.5. The maximum Gasteiger partial charge on any atom is 0.338 e. The fraction of sp³-hybridized carbons (Fsp3) is 0.200. The molecule has 0 aliphatic heterocycles. The van der Waals surface area contributed by atoms with Crippen molar-refractivity contribution < 1.29 is 23.8 Å². The summed E-state index contributed by atoms with van der Waals surface area (Å²) < 4.78 is 16.1. The fourth-order valence-corrected chi connectivity index (χ4v) is 2.78. The van der Waals surface area contributed by atoms with Gasteiger partial charge in [0.1, 0.15) is 18.1 Å². The summed E-state index contributed by atoms with van der Waals surface area (Å²) >= 11 is 0. The topological polar surface area (TPSA) is 73.9 Å². The highest BCUT2D eigenvalue weighted by Crippen LogP contribution is 2.14. The van der Waals surface area contributed by atoms with E-state index >= 15 is 0 Å². The lowest BCUT2D eigenvalue weighted by atomic mass is 10.1. The molecule has 0 bridgehead atoms. The first-order valence-electron chi connectivity index (χ1n) is 9.93. The first kappa shape index (κ1) is 21.9. The van der Waals surface area contributed by atoms with E-state index in [1.54, 1.807) is 38.3 Å². The minimum atomic E-state index is -0.910. The van der Waals surface area contributed by atoms with Gasteiger partial charge in [-0.3, -0.25) is 4.79 Å². The maximum absolute atomic E-state index is 12.3. The number of ether oxygens (including phenoxy) is 3. The van der Waals surface area contributed by atoms with Crippen molar-refractivity contribution in [1.29, 1.82) is 0 Å². The third-order valence-corrected chi connectivity index (χ3v) is 4.62. The molecule has 0 saturated carbocycles. The number of amides is 1. The van der Waals surface area contributed by atoms with Gasteiger partial charge in [0.15, 0.2) is 6.10 Å². The quantitative estimate of drug-likeness (QED) is 0.528. The Hall–Kier alpha value is -3.80. The largest absolute Gasteiger partial charge is 0.497 e. The lowest BCUT2D eigenvalue weighted by Gasteiger charge is -2.14. The standard InChI is InChI=1S/C25H25NO5/c1-18(24(27)26-16-19-10-14-22(29-2)15-11-19)31-25(28)21-12-8-20(9-13-21)17-30-23-6-4-3-5-7-23/h3-15,18H,16-17H2,1-2H3,(H,26,27)/t18-/m1/s1. The molecule has 0 aliphatic rings. The van der Waals surface area contributed by atoms with Crippen LogP contribution in [0.25, 0.3) is 0 Å². The molecule has 0 radical (unpaired) electrons. The second-order valence-electron chi connectivity index (χ2n) is 6.91. The summed E-state index contributed by atoms with van der Waals surface area (Å²) in [5.41, 5.74) is 2.21. The van der Waals surface area contributed by atoms with E-state index in [0.717, 1.165) is 22.6 Å². The van der Waals surface area contributed by atoms with E-state index in [4.69, 9.17) is 14.2 Å². The SMILES string of the molecule is COc1ccc(CNC(=O)[C@@H](C)OC(=O)c2ccc(COc3ccccc3)cc2)cc1. The van der Waals surface area contributed by atoms with Crippen molar-refractivity contribution in [3.05, 3.63) is 95.6 Å². The predicted octanol–water partition coefficient (Wildman–Crippen LogP) is 4.14. The molecule has 3 aromatic rings. The van der Waals surface area contributed by atoms with Crippen LogP contribution in [0, 0.1) is 0 Å². The van der Waals surface area contributed by atoms with Crippen molar-refractivity contribution in [1.82, 2.24) is 5.32 Å². The molecule has 6 nitrogen and oxygen atoms in total. The Morgan fingerprint density at radius 3 is 2.13 bits per heavy atom. The van der Waals surface area contributed by atoms with E-state index in [-0.39, 0.29) is 5.91 Å². The summed E-state index contributed by atoms with van der Waals surface area (Å²) in [6.07, 6.45) is -0.910. The number of rotatable bonds is 9. The lowest BCUT2D eigenvalue weighted by molar-refractivity contribution is -0.129. The molecule has 0 unspecified atom stereocenters. The van der Waals surface area contributed by atoms with Crippen LogP contribution in [-0.2, 0) is 22.7 Å². The average molecular weight is 419 g/mol. The van der Waals surface area contributed by atoms with E-state index in [9.17, 15) is 9.59 Å². The Morgan fingerprint density at radius 2 is 1.48 bits per heavy atom. The maximum atomic E-state index is 12.3. The molecule has 0 aromatic heterocycles. The van der Waals surface area contributed by atoms with E-state index in [0.29, 0.717) is 18.7 Å². The summed E-state index contributed by atoms with van der Waals surface area (Å²) in [6, 6.07) is 23.8. The van der Waals surface area contributed by atoms with Crippen molar-refractivity contribution in [2.24, 2.45) is 0 Å². The van der Waals surface area contributed by atoms with Gasteiger partial charge in [-0.15, -0.1) is 0 Å². The Balaban J connectivity index is 1.46. The molecule has 0 saturated heterocycles. The minimum absolute atomic E-state index is 0.334. The van der Waals surface area contributed by atoms with Crippen LogP contribution in [0.4, 0.5) is 0 Å². The Kier molecular flexibility index (Phi) is 7.65. The van der Waals surface area contributed by atoms with Gasteiger partial charge in [0.05, 0.1) is 12.7 Å². The number of nitrogens with one attached hydrogen (secondary N) is 1. The molecule has 0 fully saturated rings. The van der Waals surface area contributed by atoms with Gasteiger partial charge in [-0.2, -0.15) is 0 Å². The highest BCUT2D eigenvalue weighted by atomic mass is 16.5. The number of hydrogen-bond donors (Lipinski definition) is 1. The monoisotopic (exact) mass is 419 g/mol. The number of hydrogen-bond acceptors (Lipinski definition) is 5. The number of para-hydroxylation sites is 1. The molecule has 6 heteroatoms. The van der Waals surface area contributed by atoms with Crippen LogP contribution in [0.15, 0.2) is 78.9 Å². The summed E-state index contributed by atoms with van der Waals surface area (Å²) in [4.78, 5) is 24.6. The van der Waals surface area contributed by atoms with Crippen LogP contribution in [0.3, 0.4) is 0 Å². The van der Waals surface area contributed by atoms with E-state index < -0.39 is 12.1 Å². The van der Waals surface area contributed by atoms with Crippen LogP contribution in [0.1, 0.15) is 28.4 Å². The van der Waals surface area contributed by atoms with Gasteiger partial charge in [-0.05, 0) is 54.4 Å². The summed E-state index contributed by atoms with van der Waals surface area (Å²) in [5, 5.41) is 2.76. The van der Waals surface area contributed by atoms with E-state index in [1.807, 2.05) is 54.6 Å². The zero-order valence-corrected chi connectivity index (χ0v) is 17.5. The van der Waals surface area contributed by atoms with Crippen molar-refractivity contribution in [2.45, 2.75) is 26.2 Å². The molecule has 1 N–H and O–H groups in total. The molecule has 160 valence electrons. The molecule has 31 heavy (non-hydrogen) atoms. The van der Waals surface area contributed by atoms with Crippen molar-refractivity contribution >= 4 is 11.9 Å². The summed E-state index contributed by atoms with van der Waals surface area (Å²) in [5.74, 6) is 0.607. The Morgan fingerprint density at radius 1 is 0.839 bits per heavy atom. The second-order valence-corrected chi connectivity index (χ2v) is 6.91. The summed E-state index contributed by atoms with van der Waals surface area (Å²) in [6.45, 7) is 2.27. The second kappa shape index (κ2) is 10.8. The molecule has 0 heterocycles. The molecule has 3 aromatic carbocycles. The van der Waals surface area contributed by atoms with Crippen LogP contribution >= 0.6 is 0 Å². The van der Waals surface area contributed by atoms with Crippen LogP contribution in [0.2, 0.25) is 0 Å². The molecule has 3 rings (SSSR count). The van der Waals surface area contributed by atoms with Gasteiger partial charge in [0.2, 0.25) is 0 Å². The Bertz CT molecular complexity index is 985. The molecule has 1 atom stereocenters. The van der Waals surface area contributed by atoms with Crippen molar-refractivity contribution in [3.8, 4) is 11.5 Å². The lowest BCUT2D eigenvalue weighted by Crippen LogP contribution is -2.35. The highest BCUT2D eigenvalue weighted by molar-refractivity contribution is 5.92. The van der Waals surface area contributed by atoms with E-state index in [1.165, 1.54) is 0 Å². The number of carbonyl (C=O) groups excluding carboxylic acids is 2. The Labute approximate surface area is 181 Å². The van der Waals surface area contributed by atoms with Gasteiger partial charge in [-0.1, -0.05) is 42.5 Å². The fourth-order valence-electron chi connectivity index (χ4n) is 2.78. The number of esters is 1. The smallest absolute Gasteiger partial charge is 0.338 e. The number of benzene rings is 3. The van der Waals surface area contributed by atoms with Crippen LogP contribution < -0.4 is 14.8 Å². The highest BCUT2D eigenvalue weighted by Gasteiger charge is 2.18. The minimum Gasteiger partial charge on any atom is -0.497 e. The van der Waals surface area contributed by atoms with Gasteiger partial charge in [-0.25, -0.2) is 4.79 Å². The predicted molar refractivity (Wildman–Crippen MR) is 117 cm³/mol. The van der Waals surface area contributed by atoms with Crippen molar-refractivity contribution in [2.75, 3.05) is 7.11 Å². The van der Waals surface area contributed by atoms with Crippen LogP contribution in [-0.4, -0.2) is 25.1 Å². The van der Waals surface area contributed by atoms with E-state index in [2.05, 4.69) is 5.32 Å². The molecule has 1 amide bonds. The molecule has 0 spiro atoms. The molecule has 0 aliphatic carbocycles. The van der Waals surface area contributed by atoms with Gasteiger partial charge in [0, 0.05) is 6.54 Å². The third-order valence-electron chi connectivity index (χ3n) is 4.62. The van der Waals surface area contributed by atoms with Gasteiger partial charge in [0.25, 0.3) is 5.91 Å². The van der Waals surface area contributed by atoms with Gasteiger partial charge >= 0.3 is 5.97 Å². The normalized spacial score (nSPS) is 11.3. The first-order valence-corrected chi connectivity index (χ1v) is 9.93. The van der Waals surface area contributed by atoms with Crippen LogP contribution in [0.5, 0.6) is 11.5 Å². The molecular weight excluding hydrogens is 394 g/mol. The number of carbonyl (C=O) groups is 2. The third kappa shape index (κ3) is 6.60. The first-order chi connectivity index (χ1) is 15.0. The summed E-state index contributed by atoms with van der Waals surface area (Å²) in [7, 11) is 1.60. The van der Waals surface area contributed by atoms with Gasteiger partial charge < -0.3 is 19.5 Å². The number of methoxy groups -OCH3 is 1. The average Bonchev–Trinajstić information content (AvgIpc) is 2.82. The van der Waals surface area contributed by atoms with Crippen molar-refractivity contribution in [3.63, 3.8) is 0 Å². The zero-order chi connectivity index (χ0) is 22.1.